The third-order valence-electron chi connectivity index (χ3n) is 6.88. The summed E-state index contributed by atoms with van der Waals surface area (Å²) in [5, 5.41) is 3.43. The van der Waals surface area contributed by atoms with Crippen molar-refractivity contribution in [2.75, 3.05) is 0 Å². The first-order chi connectivity index (χ1) is 15.7. The molecule has 0 radical (unpaired) electrons. The van der Waals surface area contributed by atoms with Crippen molar-refractivity contribution in [3.05, 3.63) is 52.4 Å². The molecule has 33 heavy (non-hydrogen) atoms. The van der Waals surface area contributed by atoms with E-state index in [1.54, 1.807) is 0 Å². The Labute approximate surface area is 197 Å². The molecule has 1 fully saturated rings. The number of nitrogens with one attached hydrogen (secondary N) is 1. The molecular formula is C28H37NO4. The normalized spacial score (nSPS) is 23.3. The zero-order chi connectivity index (χ0) is 23.8. The van der Waals surface area contributed by atoms with Crippen LogP contribution in [-0.2, 0) is 14.3 Å². The lowest BCUT2D eigenvalue weighted by Crippen LogP contribution is -2.39. The fourth-order valence-corrected chi connectivity index (χ4v) is 5.50. The first-order valence-electron chi connectivity index (χ1n) is 12.4. The highest BCUT2D eigenvalue weighted by Crippen LogP contribution is 2.48. The predicted octanol–water partition coefficient (Wildman–Crippen LogP) is 5.95. The quantitative estimate of drug-likeness (QED) is 0.560. The van der Waals surface area contributed by atoms with Crippen LogP contribution in [0, 0.1) is 5.41 Å². The lowest BCUT2D eigenvalue weighted by Gasteiger charge is -2.40. The Morgan fingerprint density at radius 2 is 1.79 bits per heavy atom. The van der Waals surface area contributed by atoms with Crippen LogP contribution in [0.25, 0.3) is 0 Å². The largest absolute Gasteiger partial charge is 0.491 e. The molecule has 3 aliphatic rings. The third kappa shape index (κ3) is 5.02. The van der Waals surface area contributed by atoms with E-state index >= 15 is 0 Å². The van der Waals surface area contributed by atoms with Crippen molar-refractivity contribution in [1.29, 1.82) is 0 Å². The standard InChI is InChI=1S/C28H37NO4/c1-17(2)32-23-14-10-9-13-20(23)25-24(27(31)33-19-11-7-6-8-12-19)18(3)29-21-15-28(4,5)16-22(30)26(21)25/h9-10,13-14,17,19,25,29H,6-8,11-12,15-16H2,1-5H3/t25-/m0/s1. The van der Waals surface area contributed by atoms with E-state index < -0.39 is 5.92 Å². The van der Waals surface area contributed by atoms with Gasteiger partial charge in [-0.25, -0.2) is 4.79 Å². The van der Waals surface area contributed by atoms with Crippen molar-refractivity contribution in [2.24, 2.45) is 5.41 Å². The highest BCUT2D eigenvalue weighted by atomic mass is 16.5. The van der Waals surface area contributed by atoms with Crippen LogP contribution in [0.5, 0.6) is 5.75 Å². The fourth-order valence-electron chi connectivity index (χ4n) is 5.50. The number of rotatable bonds is 5. The van der Waals surface area contributed by atoms with E-state index in [1.807, 2.05) is 45.0 Å². The molecule has 0 bridgehead atoms. The Morgan fingerprint density at radius 3 is 2.48 bits per heavy atom. The molecule has 1 atom stereocenters. The van der Waals surface area contributed by atoms with Gasteiger partial charge in [0.2, 0.25) is 0 Å². The first-order valence-corrected chi connectivity index (χ1v) is 12.4. The molecule has 1 aliphatic heterocycles. The summed E-state index contributed by atoms with van der Waals surface area (Å²) in [6.45, 7) is 10.1. The van der Waals surface area contributed by atoms with Crippen molar-refractivity contribution in [3.63, 3.8) is 0 Å². The van der Waals surface area contributed by atoms with Crippen LogP contribution in [-0.4, -0.2) is 24.0 Å². The Kier molecular flexibility index (Phi) is 6.69. The summed E-state index contributed by atoms with van der Waals surface area (Å²) < 4.78 is 12.2. The molecule has 0 aromatic heterocycles. The van der Waals surface area contributed by atoms with Gasteiger partial charge >= 0.3 is 5.97 Å². The van der Waals surface area contributed by atoms with Crippen LogP contribution < -0.4 is 10.1 Å². The summed E-state index contributed by atoms with van der Waals surface area (Å²) in [5.41, 5.74) is 3.64. The van der Waals surface area contributed by atoms with E-state index in [1.165, 1.54) is 6.42 Å². The maximum atomic E-state index is 13.6. The topological polar surface area (TPSA) is 64.6 Å². The van der Waals surface area contributed by atoms with Gasteiger partial charge in [0.15, 0.2) is 5.78 Å². The van der Waals surface area contributed by atoms with Crippen LogP contribution >= 0.6 is 0 Å². The summed E-state index contributed by atoms with van der Waals surface area (Å²) in [4.78, 5) is 27.1. The molecule has 1 saturated carbocycles. The molecule has 1 N–H and O–H groups in total. The van der Waals surface area contributed by atoms with E-state index in [-0.39, 0.29) is 29.4 Å². The molecule has 0 spiro atoms. The van der Waals surface area contributed by atoms with Gasteiger partial charge in [0.05, 0.1) is 17.6 Å². The number of carbonyl (C=O) groups excluding carboxylic acids is 2. The highest BCUT2D eigenvalue weighted by Gasteiger charge is 2.44. The molecule has 0 saturated heterocycles. The molecule has 5 heteroatoms. The zero-order valence-corrected chi connectivity index (χ0v) is 20.6. The van der Waals surface area contributed by atoms with Gasteiger partial charge in [0.1, 0.15) is 11.9 Å². The fraction of sp³-hybridized carbons (Fsp3) is 0.571. The van der Waals surface area contributed by atoms with E-state index in [9.17, 15) is 9.59 Å². The van der Waals surface area contributed by atoms with Gasteiger partial charge < -0.3 is 14.8 Å². The lowest BCUT2D eigenvalue weighted by molar-refractivity contribution is -0.146. The Hall–Kier alpha value is -2.56. The maximum absolute atomic E-state index is 13.6. The van der Waals surface area contributed by atoms with Gasteiger partial charge in [-0.3, -0.25) is 4.79 Å². The minimum absolute atomic E-state index is 0.0231. The van der Waals surface area contributed by atoms with E-state index in [4.69, 9.17) is 9.47 Å². The number of para-hydroxylation sites is 1. The molecule has 1 aromatic carbocycles. The molecule has 4 rings (SSSR count). The van der Waals surface area contributed by atoms with Gasteiger partial charge in [-0.1, -0.05) is 38.5 Å². The van der Waals surface area contributed by atoms with E-state index in [0.717, 1.165) is 49.1 Å². The molecule has 1 heterocycles. The van der Waals surface area contributed by atoms with Crippen LogP contribution in [0.2, 0.25) is 0 Å². The monoisotopic (exact) mass is 451 g/mol. The highest BCUT2D eigenvalue weighted by molar-refractivity contribution is 6.04. The molecule has 2 aliphatic carbocycles. The van der Waals surface area contributed by atoms with E-state index in [0.29, 0.717) is 23.3 Å². The predicted molar refractivity (Wildman–Crippen MR) is 129 cm³/mol. The average molecular weight is 452 g/mol. The number of benzene rings is 1. The first kappa shape index (κ1) is 23.6. The van der Waals surface area contributed by atoms with Crippen molar-refractivity contribution in [1.82, 2.24) is 5.32 Å². The third-order valence-corrected chi connectivity index (χ3v) is 6.88. The number of ether oxygens (including phenoxy) is 2. The number of carbonyl (C=O) groups is 2. The molecule has 5 nitrogen and oxygen atoms in total. The van der Waals surface area contributed by atoms with Crippen molar-refractivity contribution >= 4 is 11.8 Å². The number of allylic oxidation sites excluding steroid dienone is 3. The van der Waals surface area contributed by atoms with Gasteiger partial charge in [0.25, 0.3) is 0 Å². The van der Waals surface area contributed by atoms with Crippen LogP contribution in [0.1, 0.15) is 91.0 Å². The Morgan fingerprint density at radius 1 is 1.09 bits per heavy atom. The molecule has 1 aromatic rings. The summed E-state index contributed by atoms with van der Waals surface area (Å²) in [5.74, 6) is -0.00968. The molecular weight excluding hydrogens is 414 g/mol. The van der Waals surface area contributed by atoms with Crippen molar-refractivity contribution in [3.8, 4) is 5.75 Å². The van der Waals surface area contributed by atoms with Gasteiger partial charge in [-0.15, -0.1) is 0 Å². The van der Waals surface area contributed by atoms with Crippen LogP contribution in [0.15, 0.2) is 46.8 Å². The van der Waals surface area contributed by atoms with Crippen molar-refractivity contribution in [2.45, 2.75) is 97.7 Å². The summed E-state index contributed by atoms with van der Waals surface area (Å²) >= 11 is 0. The zero-order valence-electron chi connectivity index (χ0n) is 20.6. The van der Waals surface area contributed by atoms with Crippen molar-refractivity contribution < 1.29 is 19.1 Å². The Balaban J connectivity index is 1.80. The molecule has 178 valence electrons. The Bertz CT molecular complexity index is 995. The number of hydrogen-bond acceptors (Lipinski definition) is 5. The number of esters is 1. The summed E-state index contributed by atoms with van der Waals surface area (Å²) in [6, 6.07) is 7.78. The smallest absolute Gasteiger partial charge is 0.337 e. The summed E-state index contributed by atoms with van der Waals surface area (Å²) in [7, 11) is 0. The van der Waals surface area contributed by atoms with E-state index in [2.05, 4.69) is 19.2 Å². The van der Waals surface area contributed by atoms with Gasteiger partial charge in [-0.2, -0.15) is 0 Å². The number of ketones is 1. The van der Waals surface area contributed by atoms with Gasteiger partial charge in [-0.05, 0) is 64.4 Å². The molecule has 0 amide bonds. The maximum Gasteiger partial charge on any atom is 0.337 e. The second-order valence-electron chi connectivity index (χ2n) is 10.8. The van der Waals surface area contributed by atoms with Crippen LogP contribution in [0.3, 0.4) is 0 Å². The van der Waals surface area contributed by atoms with Gasteiger partial charge in [0, 0.05) is 29.0 Å². The number of dihydropyridines is 1. The molecule has 0 unspecified atom stereocenters. The SMILES string of the molecule is CC1=C(C(=O)OC2CCCCC2)[C@H](c2ccccc2OC(C)C)C2=C(CC(C)(C)CC2=O)N1. The van der Waals surface area contributed by atoms with Crippen LogP contribution in [0.4, 0.5) is 0 Å². The second kappa shape index (κ2) is 9.36. The second-order valence-corrected chi connectivity index (χ2v) is 10.8. The number of Topliss-reactive ketones (excluding diaryl/α,β-unsaturated/α-hetero) is 1. The summed E-state index contributed by atoms with van der Waals surface area (Å²) in [6.07, 6.45) is 6.34. The minimum Gasteiger partial charge on any atom is -0.491 e. The minimum atomic E-state index is -0.490. The lowest BCUT2D eigenvalue weighted by atomic mass is 9.68. The number of hydrogen-bond donors (Lipinski definition) is 1. The average Bonchev–Trinajstić information content (AvgIpc) is 2.72.